The molecule has 1 aliphatic rings. The normalized spacial score (nSPS) is 27.1. The largest absolute Gasteiger partial charge is 0.380 e. The molecular formula is C12H18N2O. The maximum Gasteiger partial charge on any atom is 0.0756 e. The van der Waals surface area contributed by atoms with Crippen LogP contribution in [0, 0.1) is 5.92 Å². The molecule has 1 aromatic carbocycles. The van der Waals surface area contributed by atoms with Gasteiger partial charge in [-0.25, -0.2) is 5.01 Å². The van der Waals surface area contributed by atoms with Gasteiger partial charge in [-0.05, 0) is 12.0 Å². The van der Waals surface area contributed by atoms with Gasteiger partial charge in [-0.3, -0.25) is 5.84 Å². The molecule has 2 atom stereocenters. The van der Waals surface area contributed by atoms with E-state index in [0.717, 1.165) is 19.5 Å². The molecule has 1 aliphatic heterocycles. The zero-order valence-electron chi connectivity index (χ0n) is 9.10. The Kier molecular flexibility index (Phi) is 3.36. The minimum absolute atomic E-state index is 0.273. The quantitative estimate of drug-likeness (QED) is 0.751. The highest BCUT2D eigenvalue weighted by molar-refractivity contribution is 5.16. The summed E-state index contributed by atoms with van der Waals surface area (Å²) in [6.45, 7) is 1.77. The van der Waals surface area contributed by atoms with Crippen LogP contribution in [0.15, 0.2) is 30.3 Å². The first kappa shape index (κ1) is 10.6. The van der Waals surface area contributed by atoms with Gasteiger partial charge in [0.05, 0.1) is 6.10 Å². The molecule has 82 valence electrons. The number of rotatable bonds is 3. The van der Waals surface area contributed by atoms with Gasteiger partial charge in [0, 0.05) is 26.1 Å². The van der Waals surface area contributed by atoms with Crippen molar-refractivity contribution >= 4 is 0 Å². The second kappa shape index (κ2) is 4.75. The SMILES string of the molecule is COC1CN(N)CC1Cc1ccccc1. The molecule has 1 heterocycles. The minimum atomic E-state index is 0.273. The van der Waals surface area contributed by atoms with Crippen molar-refractivity contribution in [3.05, 3.63) is 35.9 Å². The van der Waals surface area contributed by atoms with Gasteiger partial charge >= 0.3 is 0 Å². The van der Waals surface area contributed by atoms with E-state index in [4.69, 9.17) is 10.6 Å². The third-order valence-electron chi connectivity index (χ3n) is 3.05. The fraction of sp³-hybridized carbons (Fsp3) is 0.500. The summed E-state index contributed by atoms with van der Waals surface area (Å²) in [5.41, 5.74) is 1.36. The summed E-state index contributed by atoms with van der Waals surface area (Å²) < 4.78 is 5.44. The van der Waals surface area contributed by atoms with E-state index < -0.39 is 0 Å². The number of nitrogens with two attached hydrogens (primary N) is 1. The molecule has 1 saturated heterocycles. The van der Waals surface area contributed by atoms with Crippen LogP contribution >= 0.6 is 0 Å². The summed E-state index contributed by atoms with van der Waals surface area (Å²) in [5.74, 6) is 6.31. The average Bonchev–Trinajstić information content (AvgIpc) is 2.60. The van der Waals surface area contributed by atoms with E-state index >= 15 is 0 Å². The topological polar surface area (TPSA) is 38.5 Å². The lowest BCUT2D eigenvalue weighted by atomic mass is 9.97. The van der Waals surface area contributed by atoms with E-state index in [2.05, 4.69) is 24.3 Å². The van der Waals surface area contributed by atoms with Gasteiger partial charge in [-0.15, -0.1) is 0 Å². The van der Waals surface area contributed by atoms with Crippen LogP contribution in [0.4, 0.5) is 0 Å². The molecule has 2 N–H and O–H groups in total. The number of hydrogen-bond donors (Lipinski definition) is 1. The molecule has 0 bridgehead atoms. The lowest BCUT2D eigenvalue weighted by Crippen LogP contribution is -2.29. The number of hydrogen-bond acceptors (Lipinski definition) is 3. The highest BCUT2D eigenvalue weighted by atomic mass is 16.5. The van der Waals surface area contributed by atoms with Gasteiger partial charge in [0.25, 0.3) is 0 Å². The van der Waals surface area contributed by atoms with Gasteiger partial charge in [-0.1, -0.05) is 30.3 Å². The molecule has 0 saturated carbocycles. The lowest BCUT2D eigenvalue weighted by molar-refractivity contribution is 0.0787. The van der Waals surface area contributed by atoms with Crippen molar-refractivity contribution in [3.8, 4) is 0 Å². The van der Waals surface area contributed by atoms with Crippen LogP contribution in [-0.4, -0.2) is 31.3 Å². The van der Waals surface area contributed by atoms with Gasteiger partial charge in [0.2, 0.25) is 0 Å². The monoisotopic (exact) mass is 206 g/mol. The Balaban J connectivity index is 2.00. The second-order valence-corrected chi connectivity index (χ2v) is 4.18. The van der Waals surface area contributed by atoms with E-state index in [-0.39, 0.29) is 6.10 Å². The van der Waals surface area contributed by atoms with Crippen LogP contribution in [0.2, 0.25) is 0 Å². The first-order valence-electron chi connectivity index (χ1n) is 5.36. The van der Waals surface area contributed by atoms with Crippen molar-refractivity contribution in [3.63, 3.8) is 0 Å². The van der Waals surface area contributed by atoms with Crippen LogP contribution in [0.5, 0.6) is 0 Å². The molecule has 0 aromatic heterocycles. The predicted molar refractivity (Wildman–Crippen MR) is 60.2 cm³/mol. The van der Waals surface area contributed by atoms with Crippen LogP contribution in [0.25, 0.3) is 0 Å². The van der Waals surface area contributed by atoms with Crippen molar-refractivity contribution < 1.29 is 4.74 Å². The highest BCUT2D eigenvalue weighted by Gasteiger charge is 2.31. The Bertz CT molecular complexity index is 302. The molecule has 3 heteroatoms. The van der Waals surface area contributed by atoms with Crippen molar-refractivity contribution in [1.82, 2.24) is 5.01 Å². The van der Waals surface area contributed by atoms with Crippen LogP contribution in [0.3, 0.4) is 0 Å². The molecule has 0 aliphatic carbocycles. The fourth-order valence-corrected chi connectivity index (χ4v) is 2.25. The summed E-state index contributed by atoms with van der Waals surface area (Å²) in [5, 5.41) is 1.85. The van der Waals surface area contributed by atoms with Crippen LogP contribution in [0.1, 0.15) is 5.56 Å². The lowest BCUT2D eigenvalue weighted by Gasteiger charge is -2.16. The third-order valence-corrected chi connectivity index (χ3v) is 3.05. The summed E-state index contributed by atoms with van der Waals surface area (Å²) >= 11 is 0. The zero-order chi connectivity index (χ0) is 10.7. The minimum Gasteiger partial charge on any atom is -0.380 e. The van der Waals surface area contributed by atoms with E-state index in [0.29, 0.717) is 5.92 Å². The Morgan fingerprint density at radius 2 is 2.07 bits per heavy atom. The standard InChI is InChI=1S/C12H18N2O/c1-15-12-9-14(13)8-11(12)7-10-5-3-2-4-6-10/h2-6,11-12H,7-9,13H2,1H3. The second-order valence-electron chi connectivity index (χ2n) is 4.18. The van der Waals surface area contributed by atoms with Gasteiger partial charge < -0.3 is 4.74 Å². The molecular weight excluding hydrogens is 188 g/mol. The Morgan fingerprint density at radius 1 is 1.33 bits per heavy atom. The summed E-state index contributed by atoms with van der Waals surface area (Å²) in [7, 11) is 1.77. The Morgan fingerprint density at radius 3 is 2.73 bits per heavy atom. The van der Waals surface area contributed by atoms with E-state index in [9.17, 15) is 0 Å². The number of hydrazine groups is 1. The fourth-order valence-electron chi connectivity index (χ4n) is 2.25. The summed E-state index contributed by atoms with van der Waals surface area (Å²) in [6, 6.07) is 10.5. The predicted octanol–water partition coefficient (Wildman–Crippen LogP) is 1.05. The summed E-state index contributed by atoms with van der Waals surface area (Å²) in [6.07, 6.45) is 1.32. The van der Waals surface area contributed by atoms with Crippen molar-refractivity contribution in [2.75, 3.05) is 20.2 Å². The molecule has 3 nitrogen and oxygen atoms in total. The van der Waals surface area contributed by atoms with E-state index in [1.807, 2.05) is 11.1 Å². The molecule has 0 amide bonds. The zero-order valence-corrected chi connectivity index (χ0v) is 9.10. The van der Waals surface area contributed by atoms with Crippen LogP contribution < -0.4 is 5.84 Å². The number of ether oxygens (including phenoxy) is 1. The average molecular weight is 206 g/mol. The maximum atomic E-state index is 5.80. The maximum absolute atomic E-state index is 5.80. The number of nitrogens with zero attached hydrogens (tertiary/aromatic N) is 1. The first-order chi connectivity index (χ1) is 7.29. The smallest absolute Gasteiger partial charge is 0.0756 e. The number of benzene rings is 1. The van der Waals surface area contributed by atoms with E-state index in [1.54, 1.807) is 7.11 Å². The molecule has 2 unspecified atom stereocenters. The highest BCUT2D eigenvalue weighted by Crippen LogP contribution is 2.21. The van der Waals surface area contributed by atoms with Gasteiger partial charge in [-0.2, -0.15) is 0 Å². The number of methoxy groups -OCH3 is 1. The summed E-state index contributed by atoms with van der Waals surface area (Å²) in [4.78, 5) is 0. The van der Waals surface area contributed by atoms with Crippen LogP contribution in [-0.2, 0) is 11.2 Å². The molecule has 15 heavy (non-hydrogen) atoms. The Labute approximate surface area is 90.8 Å². The molecule has 2 rings (SSSR count). The molecule has 0 radical (unpaired) electrons. The van der Waals surface area contributed by atoms with Crippen molar-refractivity contribution in [2.24, 2.45) is 11.8 Å². The molecule has 1 aromatic rings. The molecule has 0 spiro atoms. The molecule has 1 fully saturated rings. The first-order valence-corrected chi connectivity index (χ1v) is 5.36. The van der Waals surface area contributed by atoms with Crippen molar-refractivity contribution in [2.45, 2.75) is 12.5 Å². The van der Waals surface area contributed by atoms with Gasteiger partial charge in [0.15, 0.2) is 0 Å². The Hall–Kier alpha value is -0.900. The third kappa shape index (κ3) is 2.56. The van der Waals surface area contributed by atoms with E-state index in [1.165, 1.54) is 5.56 Å². The van der Waals surface area contributed by atoms with Gasteiger partial charge in [0.1, 0.15) is 0 Å². The van der Waals surface area contributed by atoms with Crippen molar-refractivity contribution in [1.29, 1.82) is 0 Å².